The smallest absolute Gasteiger partial charge is 0.270 e. The molecule has 7 heteroatoms. The summed E-state index contributed by atoms with van der Waals surface area (Å²) in [5, 5.41) is 1.70. The number of carbonyl (C=O) groups excluding carboxylic acids is 1. The second kappa shape index (κ2) is 5.32. The van der Waals surface area contributed by atoms with Gasteiger partial charge >= 0.3 is 0 Å². The largest absolute Gasteiger partial charge is 0.350 e. The molecule has 1 aliphatic heterocycles. The number of hydrogen-bond donors (Lipinski definition) is 1. The summed E-state index contributed by atoms with van der Waals surface area (Å²) in [4.78, 5) is 23.1. The van der Waals surface area contributed by atoms with Crippen LogP contribution in [0.15, 0.2) is 18.2 Å². The SMILES string of the molecule is Cc1nc2c(s1)CN(C(=O)c1cc3c(F)cc(Cl)cc3[nH]1)CC2. The fourth-order valence-corrected chi connectivity index (χ4v) is 4.15. The molecule has 1 aromatic carbocycles. The summed E-state index contributed by atoms with van der Waals surface area (Å²) in [7, 11) is 0. The van der Waals surface area contributed by atoms with Crippen LogP contribution in [-0.2, 0) is 13.0 Å². The van der Waals surface area contributed by atoms with Gasteiger partial charge in [0.2, 0.25) is 0 Å². The first-order valence-electron chi connectivity index (χ1n) is 7.23. The van der Waals surface area contributed by atoms with Crippen LogP contribution in [-0.4, -0.2) is 27.3 Å². The number of aromatic nitrogens is 2. The number of nitrogens with one attached hydrogen (secondary N) is 1. The van der Waals surface area contributed by atoms with E-state index in [0.29, 0.717) is 34.7 Å². The summed E-state index contributed by atoms with van der Waals surface area (Å²) in [6, 6.07) is 4.42. The Balaban J connectivity index is 1.66. The van der Waals surface area contributed by atoms with Gasteiger partial charge in [0.25, 0.3) is 5.91 Å². The molecular formula is C16H13ClFN3OS. The molecule has 2 aromatic heterocycles. The zero-order valence-electron chi connectivity index (χ0n) is 12.3. The molecule has 1 aliphatic rings. The number of H-pyrrole nitrogens is 1. The fourth-order valence-electron chi connectivity index (χ4n) is 2.94. The topological polar surface area (TPSA) is 49.0 Å². The lowest BCUT2D eigenvalue weighted by atomic mass is 10.1. The van der Waals surface area contributed by atoms with Crippen LogP contribution in [0, 0.1) is 12.7 Å². The molecular weight excluding hydrogens is 337 g/mol. The van der Waals surface area contributed by atoms with Crippen LogP contribution >= 0.6 is 22.9 Å². The van der Waals surface area contributed by atoms with E-state index >= 15 is 0 Å². The average molecular weight is 350 g/mol. The number of rotatable bonds is 1. The van der Waals surface area contributed by atoms with E-state index in [2.05, 4.69) is 9.97 Å². The Morgan fingerprint density at radius 1 is 1.43 bits per heavy atom. The van der Waals surface area contributed by atoms with E-state index in [-0.39, 0.29) is 5.91 Å². The van der Waals surface area contributed by atoms with Gasteiger partial charge in [0.15, 0.2) is 0 Å². The minimum Gasteiger partial charge on any atom is -0.350 e. The van der Waals surface area contributed by atoms with Crippen molar-refractivity contribution in [3.63, 3.8) is 0 Å². The molecule has 0 saturated carbocycles. The Hall–Kier alpha value is -1.92. The Morgan fingerprint density at radius 2 is 2.26 bits per heavy atom. The highest BCUT2D eigenvalue weighted by molar-refractivity contribution is 7.11. The number of amides is 1. The molecule has 4 rings (SSSR count). The Kier molecular flexibility index (Phi) is 3.39. The van der Waals surface area contributed by atoms with Gasteiger partial charge in [0.05, 0.1) is 22.8 Å². The molecule has 0 aliphatic carbocycles. The zero-order chi connectivity index (χ0) is 16.1. The van der Waals surface area contributed by atoms with Gasteiger partial charge in [-0.05, 0) is 25.1 Å². The minimum absolute atomic E-state index is 0.131. The lowest BCUT2D eigenvalue weighted by Crippen LogP contribution is -2.35. The molecule has 0 unspecified atom stereocenters. The predicted octanol–water partition coefficient (Wildman–Crippen LogP) is 3.92. The molecule has 4 nitrogen and oxygen atoms in total. The van der Waals surface area contributed by atoms with Crippen LogP contribution in [0.1, 0.15) is 26.1 Å². The van der Waals surface area contributed by atoms with Gasteiger partial charge in [-0.25, -0.2) is 9.37 Å². The molecule has 0 radical (unpaired) electrons. The van der Waals surface area contributed by atoms with Gasteiger partial charge in [0.1, 0.15) is 11.5 Å². The quantitative estimate of drug-likeness (QED) is 0.723. The molecule has 1 N–H and O–H groups in total. The molecule has 0 spiro atoms. The molecule has 0 fully saturated rings. The number of fused-ring (bicyclic) bond motifs is 2. The van der Waals surface area contributed by atoms with Crippen molar-refractivity contribution in [3.8, 4) is 0 Å². The van der Waals surface area contributed by atoms with Crippen molar-refractivity contribution in [2.75, 3.05) is 6.54 Å². The number of aromatic amines is 1. The van der Waals surface area contributed by atoms with Crippen LogP contribution in [0.25, 0.3) is 10.9 Å². The van der Waals surface area contributed by atoms with Crippen molar-refractivity contribution < 1.29 is 9.18 Å². The van der Waals surface area contributed by atoms with Gasteiger partial charge in [-0.15, -0.1) is 11.3 Å². The second-order valence-electron chi connectivity index (χ2n) is 5.61. The molecule has 118 valence electrons. The van der Waals surface area contributed by atoms with Gasteiger partial charge in [0, 0.05) is 28.3 Å². The Labute approximate surface area is 140 Å². The summed E-state index contributed by atoms with van der Waals surface area (Å²) >= 11 is 7.48. The van der Waals surface area contributed by atoms with Crippen molar-refractivity contribution in [2.45, 2.75) is 19.9 Å². The van der Waals surface area contributed by atoms with E-state index in [0.717, 1.165) is 22.0 Å². The highest BCUT2D eigenvalue weighted by Crippen LogP contribution is 2.27. The predicted molar refractivity (Wildman–Crippen MR) is 88.6 cm³/mol. The van der Waals surface area contributed by atoms with E-state index in [1.54, 1.807) is 28.4 Å². The number of benzene rings is 1. The first kappa shape index (κ1) is 14.7. The summed E-state index contributed by atoms with van der Waals surface area (Å²) < 4.78 is 13.9. The van der Waals surface area contributed by atoms with Crippen LogP contribution in [0.4, 0.5) is 4.39 Å². The normalized spacial score (nSPS) is 14.3. The third-order valence-electron chi connectivity index (χ3n) is 4.01. The van der Waals surface area contributed by atoms with Crippen LogP contribution in [0.2, 0.25) is 5.02 Å². The molecule has 3 aromatic rings. The maximum atomic E-state index is 13.9. The fraction of sp³-hybridized carbons (Fsp3) is 0.250. The third-order valence-corrected chi connectivity index (χ3v) is 5.22. The van der Waals surface area contributed by atoms with E-state index in [4.69, 9.17) is 11.6 Å². The van der Waals surface area contributed by atoms with Gasteiger partial charge < -0.3 is 9.88 Å². The zero-order valence-corrected chi connectivity index (χ0v) is 13.9. The van der Waals surface area contributed by atoms with Gasteiger partial charge in [-0.1, -0.05) is 11.6 Å². The number of halogens is 2. The molecule has 23 heavy (non-hydrogen) atoms. The maximum Gasteiger partial charge on any atom is 0.270 e. The van der Waals surface area contributed by atoms with Crippen molar-refractivity contribution in [3.05, 3.63) is 50.3 Å². The average Bonchev–Trinajstić information content (AvgIpc) is 3.07. The van der Waals surface area contributed by atoms with Gasteiger partial charge in [-0.3, -0.25) is 4.79 Å². The lowest BCUT2D eigenvalue weighted by molar-refractivity contribution is 0.0731. The van der Waals surface area contributed by atoms with Crippen molar-refractivity contribution in [1.29, 1.82) is 0 Å². The van der Waals surface area contributed by atoms with E-state index in [9.17, 15) is 9.18 Å². The number of hydrogen-bond acceptors (Lipinski definition) is 3. The third kappa shape index (κ3) is 2.52. The maximum absolute atomic E-state index is 13.9. The number of aryl methyl sites for hydroxylation is 1. The summed E-state index contributed by atoms with van der Waals surface area (Å²) in [6.45, 7) is 3.14. The van der Waals surface area contributed by atoms with E-state index < -0.39 is 5.82 Å². The van der Waals surface area contributed by atoms with Crippen LogP contribution in [0.5, 0.6) is 0 Å². The van der Waals surface area contributed by atoms with Crippen molar-refractivity contribution >= 4 is 39.7 Å². The highest BCUT2D eigenvalue weighted by atomic mass is 35.5. The van der Waals surface area contributed by atoms with E-state index in [1.165, 1.54) is 6.07 Å². The molecule has 0 saturated heterocycles. The van der Waals surface area contributed by atoms with Crippen molar-refractivity contribution in [1.82, 2.24) is 14.9 Å². The molecule has 0 bridgehead atoms. The first-order chi connectivity index (χ1) is 11.0. The Morgan fingerprint density at radius 3 is 3.09 bits per heavy atom. The standard InChI is InChI=1S/C16H13ClFN3OS/c1-8-19-12-2-3-21(7-15(12)23-8)16(22)14-6-10-11(18)4-9(17)5-13(10)20-14/h4-6,20H,2-3,7H2,1H3. The summed E-state index contributed by atoms with van der Waals surface area (Å²) in [5.41, 5.74) is 2.00. The van der Waals surface area contributed by atoms with Crippen LogP contribution in [0.3, 0.4) is 0 Å². The Bertz CT molecular complexity index is 933. The summed E-state index contributed by atoms with van der Waals surface area (Å²) in [6.07, 6.45) is 0.756. The van der Waals surface area contributed by atoms with Crippen LogP contribution < -0.4 is 0 Å². The van der Waals surface area contributed by atoms with Crippen molar-refractivity contribution in [2.24, 2.45) is 0 Å². The highest BCUT2D eigenvalue weighted by Gasteiger charge is 2.25. The second-order valence-corrected chi connectivity index (χ2v) is 7.34. The number of thiazole rings is 1. The molecule has 1 amide bonds. The van der Waals surface area contributed by atoms with Gasteiger partial charge in [-0.2, -0.15) is 0 Å². The molecule has 0 atom stereocenters. The molecule has 3 heterocycles. The first-order valence-corrected chi connectivity index (χ1v) is 8.43. The summed E-state index contributed by atoms with van der Waals surface area (Å²) in [5.74, 6) is -0.560. The minimum atomic E-state index is -0.429. The number of nitrogens with zero attached hydrogens (tertiary/aromatic N) is 2. The van der Waals surface area contributed by atoms with E-state index in [1.807, 2.05) is 6.92 Å². The monoisotopic (exact) mass is 349 g/mol. The lowest BCUT2D eigenvalue weighted by Gasteiger charge is -2.25. The number of carbonyl (C=O) groups is 1.